The first-order chi connectivity index (χ1) is 9.85. The number of halogens is 3. The maximum Gasteiger partial charge on any atom is 0.243 e. The molecule has 0 aliphatic heterocycles. The highest BCUT2D eigenvalue weighted by atomic mass is 19.2. The van der Waals surface area contributed by atoms with Crippen molar-refractivity contribution in [3.05, 3.63) is 29.6 Å². The normalized spacial score (nSPS) is 11.5. The first-order valence-corrected chi connectivity index (χ1v) is 6.25. The Hall–Kier alpha value is -2.25. The van der Waals surface area contributed by atoms with Crippen molar-refractivity contribution in [3.8, 4) is 0 Å². The molecule has 21 heavy (non-hydrogen) atoms. The summed E-state index contributed by atoms with van der Waals surface area (Å²) in [5, 5.41) is 7.80. The van der Waals surface area contributed by atoms with Gasteiger partial charge in [0.15, 0.2) is 23.4 Å². The smallest absolute Gasteiger partial charge is 0.243 e. The standard InChI is InChI=1S/C13H17F3N4O/c1-7(2)19-13(17-3)18-6-10(21)20-9-5-4-8(14)11(15)12(9)16/h4-5,7H,6H2,1-3H3,(H,20,21)(H2,17,18,19). The molecule has 0 radical (unpaired) electrons. The lowest BCUT2D eigenvalue weighted by Crippen LogP contribution is -2.44. The molecule has 0 aromatic heterocycles. The summed E-state index contributed by atoms with van der Waals surface area (Å²) in [4.78, 5) is 15.5. The summed E-state index contributed by atoms with van der Waals surface area (Å²) in [5.41, 5.74) is -0.424. The van der Waals surface area contributed by atoms with Gasteiger partial charge in [-0.25, -0.2) is 13.2 Å². The second-order valence-corrected chi connectivity index (χ2v) is 4.50. The fraction of sp³-hybridized carbons (Fsp3) is 0.385. The van der Waals surface area contributed by atoms with Crippen molar-refractivity contribution in [1.82, 2.24) is 10.6 Å². The number of hydrogen-bond acceptors (Lipinski definition) is 2. The monoisotopic (exact) mass is 302 g/mol. The quantitative estimate of drug-likeness (QED) is 0.450. The predicted octanol–water partition coefficient (Wildman–Crippen LogP) is 1.62. The fourth-order valence-corrected chi connectivity index (χ4v) is 1.45. The molecule has 0 unspecified atom stereocenters. The average Bonchev–Trinajstić information content (AvgIpc) is 2.43. The summed E-state index contributed by atoms with van der Waals surface area (Å²) < 4.78 is 39.1. The zero-order valence-electron chi connectivity index (χ0n) is 11.9. The highest BCUT2D eigenvalue weighted by molar-refractivity contribution is 5.95. The fourth-order valence-electron chi connectivity index (χ4n) is 1.45. The molecule has 0 atom stereocenters. The lowest BCUT2D eigenvalue weighted by atomic mass is 10.2. The van der Waals surface area contributed by atoms with Crippen LogP contribution in [0, 0.1) is 17.5 Å². The molecule has 0 heterocycles. The molecule has 5 nitrogen and oxygen atoms in total. The number of carbonyl (C=O) groups excluding carboxylic acids is 1. The Bertz CT molecular complexity index is 546. The van der Waals surface area contributed by atoms with Crippen LogP contribution in [0.25, 0.3) is 0 Å². The largest absolute Gasteiger partial charge is 0.354 e. The maximum absolute atomic E-state index is 13.4. The SMILES string of the molecule is CN=C(NCC(=O)Nc1ccc(F)c(F)c1F)NC(C)C. The van der Waals surface area contributed by atoms with Gasteiger partial charge in [-0.05, 0) is 26.0 Å². The number of nitrogens with zero attached hydrogens (tertiary/aromatic N) is 1. The van der Waals surface area contributed by atoms with Crippen molar-refractivity contribution >= 4 is 17.6 Å². The van der Waals surface area contributed by atoms with E-state index in [2.05, 4.69) is 20.9 Å². The van der Waals surface area contributed by atoms with Gasteiger partial charge < -0.3 is 16.0 Å². The summed E-state index contributed by atoms with van der Waals surface area (Å²) in [6, 6.07) is 1.80. The first kappa shape index (κ1) is 16.8. The summed E-state index contributed by atoms with van der Waals surface area (Å²) in [6.07, 6.45) is 0. The van der Waals surface area contributed by atoms with Crippen LogP contribution in [0.2, 0.25) is 0 Å². The third kappa shape index (κ3) is 4.97. The van der Waals surface area contributed by atoms with E-state index in [-0.39, 0.29) is 12.6 Å². The van der Waals surface area contributed by atoms with Crippen LogP contribution in [0.1, 0.15) is 13.8 Å². The van der Waals surface area contributed by atoms with Gasteiger partial charge in [0.05, 0.1) is 12.2 Å². The molecule has 3 N–H and O–H groups in total. The number of hydrogen-bond donors (Lipinski definition) is 3. The number of rotatable bonds is 4. The van der Waals surface area contributed by atoms with Crippen LogP contribution in [0.3, 0.4) is 0 Å². The number of guanidine groups is 1. The van der Waals surface area contributed by atoms with Gasteiger partial charge >= 0.3 is 0 Å². The van der Waals surface area contributed by atoms with E-state index in [1.54, 1.807) is 0 Å². The Morgan fingerprint density at radius 2 is 1.90 bits per heavy atom. The zero-order valence-corrected chi connectivity index (χ0v) is 11.9. The highest BCUT2D eigenvalue weighted by Gasteiger charge is 2.15. The molecule has 1 aromatic rings. The molecular weight excluding hydrogens is 285 g/mol. The topological polar surface area (TPSA) is 65.5 Å². The van der Waals surface area contributed by atoms with Crippen molar-refractivity contribution in [1.29, 1.82) is 0 Å². The molecule has 0 aliphatic rings. The minimum Gasteiger partial charge on any atom is -0.354 e. The molecule has 8 heteroatoms. The minimum absolute atomic E-state index is 0.114. The van der Waals surface area contributed by atoms with Crippen LogP contribution in [0.15, 0.2) is 17.1 Å². The Balaban J connectivity index is 2.61. The number of nitrogens with one attached hydrogen (secondary N) is 3. The Morgan fingerprint density at radius 3 is 2.48 bits per heavy atom. The number of aliphatic imine (C=N–C) groups is 1. The molecule has 116 valence electrons. The highest BCUT2D eigenvalue weighted by Crippen LogP contribution is 2.19. The van der Waals surface area contributed by atoms with Gasteiger partial charge in [0.2, 0.25) is 5.91 Å². The van der Waals surface area contributed by atoms with Gasteiger partial charge in [0, 0.05) is 13.1 Å². The van der Waals surface area contributed by atoms with Crippen LogP contribution >= 0.6 is 0 Å². The van der Waals surface area contributed by atoms with Crippen LogP contribution in [0.4, 0.5) is 18.9 Å². The van der Waals surface area contributed by atoms with Gasteiger partial charge in [-0.2, -0.15) is 0 Å². The lowest BCUT2D eigenvalue weighted by molar-refractivity contribution is -0.115. The third-order valence-electron chi connectivity index (χ3n) is 2.37. The van der Waals surface area contributed by atoms with Crippen LogP contribution < -0.4 is 16.0 Å². The second-order valence-electron chi connectivity index (χ2n) is 4.50. The third-order valence-corrected chi connectivity index (χ3v) is 2.37. The van der Waals surface area contributed by atoms with E-state index in [4.69, 9.17) is 0 Å². The Labute approximate surface area is 120 Å². The molecular formula is C13H17F3N4O. The molecule has 0 fully saturated rings. The molecule has 1 rings (SSSR count). The van der Waals surface area contributed by atoms with Gasteiger partial charge in [-0.3, -0.25) is 9.79 Å². The van der Waals surface area contributed by atoms with E-state index in [1.807, 2.05) is 13.8 Å². The summed E-state index contributed by atoms with van der Waals surface area (Å²) in [5.74, 6) is -4.60. The molecule has 0 saturated heterocycles. The van der Waals surface area contributed by atoms with Gasteiger partial charge in [0.1, 0.15) is 0 Å². The van der Waals surface area contributed by atoms with Crippen LogP contribution in [0.5, 0.6) is 0 Å². The second kappa shape index (κ2) is 7.51. The number of anilines is 1. The van der Waals surface area contributed by atoms with E-state index in [1.165, 1.54) is 7.05 Å². The molecule has 0 spiro atoms. The lowest BCUT2D eigenvalue weighted by Gasteiger charge is -2.14. The van der Waals surface area contributed by atoms with Crippen molar-refractivity contribution < 1.29 is 18.0 Å². The number of carbonyl (C=O) groups is 1. The molecule has 0 aliphatic carbocycles. The van der Waals surface area contributed by atoms with E-state index < -0.39 is 29.0 Å². The first-order valence-electron chi connectivity index (χ1n) is 6.25. The molecule has 1 amide bonds. The number of amides is 1. The van der Waals surface area contributed by atoms with Crippen molar-refractivity contribution in [2.24, 2.45) is 4.99 Å². The van der Waals surface area contributed by atoms with Gasteiger partial charge in [-0.15, -0.1) is 0 Å². The summed E-state index contributed by atoms with van der Waals surface area (Å²) in [6.45, 7) is 3.58. The minimum atomic E-state index is -1.63. The average molecular weight is 302 g/mol. The molecule has 0 saturated carbocycles. The van der Waals surface area contributed by atoms with Crippen molar-refractivity contribution in [3.63, 3.8) is 0 Å². The van der Waals surface area contributed by atoms with E-state index >= 15 is 0 Å². The maximum atomic E-state index is 13.4. The van der Waals surface area contributed by atoms with E-state index in [0.29, 0.717) is 5.96 Å². The molecule has 1 aromatic carbocycles. The Kier molecular flexibility index (Phi) is 6.01. The predicted molar refractivity (Wildman–Crippen MR) is 74.6 cm³/mol. The van der Waals surface area contributed by atoms with Gasteiger partial charge in [-0.1, -0.05) is 0 Å². The molecule has 0 bridgehead atoms. The van der Waals surface area contributed by atoms with Crippen LogP contribution in [-0.2, 0) is 4.79 Å². The number of benzene rings is 1. The summed E-state index contributed by atoms with van der Waals surface area (Å²) in [7, 11) is 1.53. The van der Waals surface area contributed by atoms with Crippen molar-refractivity contribution in [2.75, 3.05) is 18.9 Å². The van der Waals surface area contributed by atoms with E-state index in [9.17, 15) is 18.0 Å². The van der Waals surface area contributed by atoms with E-state index in [0.717, 1.165) is 12.1 Å². The summed E-state index contributed by atoms with van der Waals surface area (Å²) >= 11 is 0. The van der Waals surface area contributed by atoms with Gasteiger partial charge in [0.25, 0.3) is 0 Å². The zero-order chi connectivity index (χ0) is 16.0. The van der Waals surface area contributed by atoms with Crippen LogP contribution in [-0.4, -0.2) is 31.5 Å². The van der Waals surface area contributed by atoms with Crippen molar-refractivity contribution in [2.45, 2.75) is 19.9 Å². The Morgan fingerprint density at radius 1 is 1.24 bits per heavy atom.